The average molecular weight is 399 g/mol. The molecule has 3 atom stereocenters. The van der Waals surface area contributed by atoms with Crippen LogP contribution in [0.5, 0.6) is 0 Å². The van der Waals surface area contributed by atoms with Crippen molar-refractivity contribution >= 4 is 29.3 Å². The Morgan fingerprint density at radius 1 is 1.18 bits per heavy atom. The minimum absolute atomic E-state index is 0.0550. The summed E-state index contributed by atoms with van der Waals surface area (Å²) in [5, 5.41) is 0.421. The second-order valence-corrected chi connectivity index (χ2v) is 8.82. The van der Waals surface area contributed by atoms with E-state index in [9.17, 15) is 14.0 Å². The smallest absolute Gasteiger partial charge is 0.310 e. The van der Waals surface area contributed by atoms with Crippen LogP contribution in [-0.4, -0.2) is 30.3 Å². The Hall–Kier alpha value is -2.34. The zero-order chi connectivity index (χ0) is 19.7. The Bertz CT molecular complexity index is 886. The van der Waals surface area contributed by atoms with Gasteiger partial charge < -0.3 is 9.64 Å². The third-order valence-electron chi connectivity index (χ3n) is 5.27. The molecule has 6 heteroatoms. The molecule has 0 saturated heterocycles. The van der Waals surface area contributed by atoms with Crippen molar-refractivity contribution in [3.05, 3.63) is 59.9 Å². The van der Waals surface area contributed by atoms with Crippen molar-refractivity contribution < 1.29 is 18.7 Å². The second-order valence-electron chi connectivity index (χ2n) is 7.34. The van der Waals surface area contributed by atoms with Crippen molar-refractivity contribution in [3.63, 3.8) is 0 Å². The van der Waals surface area contributed by atoms with Crippen LogP contribution in [-0.2, 0) is 14.3 Å². The third-order valence-corrected chi connectivity index (χ3v) is 6.51. The van der Waals surface area contributed by atoms with Crippen LogP contribution >= 0.6 is 11.8 Å². The fourth-order valence-corrected chi connectivity index (χ4v) is 4.71. The highest BCUT2D eigenvalue weighted by atomic mass is 32.2. The van der Waals surface area contributed by atoms with E-state index in [1.54, 1.807) is 28.8 Å². The van der Waals surface area contributed by atoms with Crippen molar-refractivity contribution in [2.45, 2.75) is 35.8 Å². The zero-order valence-electron chi connectivity index (χ0n) is 15.6. The molecule has 0 N–H and O–H groups in total. The van der Waals surface area contributed by atoms with Crippen LogP contribution in [0.2, 0.25) is 0 Å². The highest BCUT2D eigenvalue weighted by molar-refractivity contribution is 8.00. The molecule has 28 heavy (non-hydrogen) atoms. The molecule has 0 aromatic heterocycles. The summed E-state index contributed by atoms with van der Waals surface area (Å²) in [5.74, 6) is -1.04. The van der Waals surface area contributed by atoms with Crippen molar-refractivity contribution in [2.75, 3.05) is 18.1 Å². The van der Waals surface area contributed by atoms with Gasteiger partial charge in [0.2, 0.25) is 0 Å². The largest absolute Gasteiger partial charge is 0.455 e. The number of nitrogens with zero attached hydrogens (tertiary/aromatic N) is 1. The van der Waals surface area contributed by atoms with E-state index in [0.717, 1.165) is 22.6 Å². The van der Waals surface area contributed by atoms with Gasteiger partial charge in [-0.2, -0.15) is 0 Å². The molecule has 1 amide bonds. The third kappa shape index (κ3) is 4.07. The van der Waals surface area contributed by atoms with Crippen LogP contribution in [0.1, 0.15) is 31.2 Å². The number of amides is 1. The number of rotatable bonds is 4. The summed E-state index contributed by atoms with van der Waals surface area (Å²) in [4.78, 5) is 27.9. The van der Waals surface area contributed by atoms with Gasteiger partial charge in [-0.05, 0) is 48.6 Å². The van der Waals surface area contributed by atoms with Crippen LogP contribution in [0.4, 0.5) is 10.1 Å². The quantitative estimate of drug-likeness (QED) is 0.716. The molecule has 2 aromatic rings. The lowest BCUT2D eigenvalue weighted by Crippen LogP contribution is -2.36. The number of ether oxygens (including phenoxy) is 1. The first-order chi connectivity index (χ1) is 13.5. The average Bonchev–Trinajstić information content (AvgIpc) is 3.50. The van der Waals surface area contributed by atoms with E-state index in [2.05, 4.69) is 6.92 Å². The van der Waals surface area contributed by atoms with Gasteiger partial charge in [0.25, 0.3) is 5.91 Å². The Balaban J connectivity index is 1.36. The van der Waals surface area contributed by atoms with Crippen LogP contribution in [0.25, 0.3) is 0 Å². The van der Waals surface area contributed by atoms with E-state index in [1.807, 2.05) is 24.3 Å². The maximum atomic E-state index is 13.0. The van der Waals surface area contributed by atoms with Crippen LogP contribution in [0.3, 0.4) is 0 Å². The van der Waals surface area contributed by atoms with E-state index < -0.39 is 0 Å². The summed E-state index contributed by atoms with van der Waals surface area (Å²) in [6.45, 7) is 2.51. The van der Waals surface area contributed by atoms with Crippen LogP contribution < -0.4 is 4.90 Å². The molecule has 2 aliphatic rings. The Morgan fingerprint density at radius 3 is 2.71 bits per heavy atom. The topological polar surface area (TPSA) is 46.6 Å². The van der Waals surface area contributed by atoms with Gasteiger partial charge in [-0.25, -0.2) is 4.39 Å². The van der Waals surface area contributed by atoms with Gasteiger partial charge in [0.05, 0.1) is 11.6 Å². The maximum Gasteiger partial charge on any atom is 0.310 e. The van der Waals surface area contributed by atoms with Crippen molar-refractivity contribution in [3.8, 4) is 0 Å². The van der Waals surface area contributed by atoms with E-state index in [1.165, 1.54) is 12.1 Å². The molecule has 1 aliphatic carbocycles. The Labute approximate surface area is 168 Å². The standard InChI is InChI=1S/C22H22FNO3S/c1-14-10-11-24(19-4-2-3-5-20(19)28-14)21(25)13-27-22(26)18-12-17(18)15-6-8-16(23)9-7-15/h2-9,14,17-18H,10-13H2,1H3/t14-,17+,18+/m1/s1. The number of hydrogen-bond acceptors (Lipinski definition) is 4. The lowest BCUT2D eigenvalue weighted by molar-refractivity contribution is -0.149. The number of hydrogen-bond donors (Lipinski definition) is 0. The lowest BCUT2D eigenvalue weighted by Gasteiger charge is -2.22. The number of halogens is 1. The van der Waals surface area contributed by atoms with E-state index in [-0.39, 0.29) is 36.1 Å². The number of benzene rings is 2. The highest BCUT2D eigenvalue weighted by Gasteiger charge is 2.45. The SMILES string of the molecule is C[C@@H]1CCN(C(=O)COC(=O)[C@H]2C[C@H]2c2ccc(F)cc2)c2ccccc2S1. The number of anilines is 1. The minimum atomic E-state index is -0.353. The molecule has 1 fully saturated rings. The molecule has 1 saturated carbocycles. The van der Waals surface area contributed by atoms with Crippen LogP contribution in [0, 0.1) is 11.7 Å². The molecular weight excluding hydrogens is 377 g/mol. The van der Waals surface area contributed by atoms with Crippen molar-refractivity contribution in [1.29, 1.82) is 0 Å². The maximum absolute atomic E-state index is 13.0. The minimum Gasteiger partial charge on any atom is -0.455 e. The van der Waals surface area contributed by atoms with Gasteiger partial charge in [0.15, 0.2) is 6.61 Å². The Morgan fingerprint density at radius 2 is 1.93 bits per heavy atom. The first-order valence-electron chi connectivity index (χ1n) is 9.51. The predicted molar refractivity (Wildman–Crippen MR) is 107 cm³/mol. The monoisotopic (exact) mass is 399 g/mol. The molecule has 146 valence electrons. The lowest BCUT2D eigenvalue weighted by atomic mass is 10.1. The summed E-state index contributed by atoms with van der Waals surface area (Å²) in [5.41, 5.74) is 1.82. The molecule has 2 aromatic carbocycles. The number of para-hydroxylation sites is 1. The summed E-state index contributed by atoms with van der Waals surface area (Å²) < 4.78 is 18.4. The first kappa shape index (κ1) is 19.0. The number of fused-ring (bicyclic) bond motifs is 1. The van der Waals surface area contributed by atoms with Crippen LogP contribution in [0.15, 0.2) is 53.4 Å². The summed E-state index contributed by atoms with van der Waals surface area (Å²) in [6, 6.07) is 14.0. The summed E-state index contributed by atoms with van der Waals surface area (Å²) in [6.07, 6.45) is 1.56. The van der Waals surface area contributed by atoms with E-state index in [4.69, 9.17) is 4.74 Å². The van der Waals surface area contributed by atoms with Gasteiger partial charge in [-0.1, -0.05) is 31.2 Å². The second kappa shape index (κ2) is 7.95. The molecule has 0 radical (unpaired) electrons. The molecule has 4 nitrogen and oxygen atoms in total. The molecule has 1 aliphatic heterocycles. The number of esters is 1. The van der Waals surface area contributed by atoms with E-state index in [0.29, 0.717) is 18.2 Å². The van der Waals surface area contributed by atoms with Gasteiger partial charge in [0, 0.05) is 16.7 Å². The molecule has 0 spiro atoms. The summed E-state index contributed by atoms with van der Waals surface area (Å²) >= 11 is 1.76. The molecule has 4 rings (SSSR count). The molecule has 1 heterocycles. The van der Waals surface area contributed by atoms with Gasteiger partial charge in [-0.3, -0.25) is 9.59 Å². The highest BCUT2D eigenvalue weighted by Crippen LogP contribution is 2.48. The number of carbonyl (C=O) groups is 2. The first-order valence-corrected chi connectivity index (χ1v) is 10.4. The zero-order valence-corrected chi connectivity index (χ0v) is 16.5. The summed E-state index contributed by atoms with van der Waals surface area (Å²) in [7, 11) is 0. The molecular formula is C22H22FNO3S. The van der Waals surface area contributed by atoms with Crippen molar-refractivity contribution in [1.82, 2.24) is 0 Å². The molecule has 0 unspecified atom stereocenters. The van der Waals surface area contributed by atoms with Gasteiger partial charge in [0.1, 0.15) is 5.82 Å². The molecule has 0 bridgehead atoms. The Kier molecular flexibility index (Phi) is 5.40. The fraction of sp³-hybridized carbons (Fsp3) is 0.364. The normalized spacial score (nSPS) is 23.5. The van der Waals surface area contributed by atoms with Crippen molar-refractivity contribution in [2.24, 2.45) is 5.92 Å². The number of carbonyl (C=O) groups excluding carboxylic acids is 2. The van der Waals surface area contributed by atoms with Gasteiger partial charge in [-0.15, -0.1) is 11.8 Å². The van der Waals surface area contributed by atoms with Gasteiger partial charge >= 0.3 is 5.97 Å². The fourth-order valence-electron chi connectivity index (χ4n) is 3.60. The predicted octanol–water partition coefficient (Wildman–Crippen LogP) is 4.39. The van der Waals surface area contributed by atoms with E-state index >= 15 is 0 Å². The number of thioether (sulfide) groups is 1.